The molecule has 1 unspecified atom stereocenters. The predicted molar refractivity (Wildman–Crippen MR) is 137 cm³/mol. The van der Waals surface area contributed by atoms with Gasteiger partial charge in [0.05, 0.1) is 17.3 Å². The van der Waals surface area contributed by atoms with Crippen LogP contribution in [-0.2, 0) is 10.0 Å². The SMILES string of the molecule is Cc1ccc(S(=O)(=O)N2CCC(C3=C4C=NC=C[N+]4(N)C(c4cc5ccccc5[nH]4)=N3)CC2)cc1. The number of aliphatic imine (C=N–C) groups is 2. The Morgan fingerprint density at radius 3 is 2.57 bits per heavy atom. The van der Waals surface area contributed by atoms with Gasteiger partial charge in [-0.2, -0.15) is 15.1 Å². The van der Waals surface area contributed by atoms with Gasteiger partial charge in [0.25, 0.3) is 5.84 Å². The maximum atomic E-state index is 13.2. The summed E-state index contributed by atoms with van der Waals surface area (Å²) in [5.41, 5.74) is 4.65. The van der Waals surface area contributed by atoms with E-state index in [1.165, 1.54) is 0 Å². The van der Waals surface area contributed by atoms with E-state index in [-0.39, 0.29) is 10.5 Å². The van der Waals surface area contributed by atoms with Crippen molar-refractivity contribution in [3.05, 3.63) is 89.6 Å². The van der Waals surface area contributed by atoms with Gasteiger partial charge in [-0.3, -0.25) is 4.99 Å². The number of nitrogens with one attached hydrogen (secondary N) is 1. The molecule has 1 saturated heterocycles. The van der Waals surface area contributed by atoms with Crippen molar-refractivity contribution >= 4 is 33.0 Å². The molecule has 35 heavy (non-hydrogen) atoms. The van der Waals surface area contributed by atoms with Crippen LogP contribution in [0.1, 0.15) is 24.1 Å². The second kappa shape index (κ2) is 8.10. The molecular formula is C26H27N6O2S+. The first-order valence-electron chi connectivity index (χ1n) is 11.7. The molecule has 3 aliphatic heterocycles. The van der Waals surface area contributed by atoms with Crippen molar-refractivity contribution in [2.24, 2.45) is 21.7 Å². The number of allylic oxidation sites excluding steroid dienone is 2. The summed E-state index contributed by atoms with van der Waals surface area (Å²) in [6, 6.07) is 17.2. The molecule has 0 amide bonds. The summed E-state index contributed by atoms with van der Waals surface area (Å²) in [7, 11) is -3.52. The molecule has 0 bridgehead atoms. The second-order valence-electron chi connectivity index (χ2n) is 9.32. The van der Waals surface area contributed by atoms with Crippen molar-refractivity contribution in [2.45, 2.75) is 24.7 Å². The Bertz CT molecular complexity index is 1510. The Hall–Kier alpha value is -3.37. The minimum absolute atomic E-state index is 0.0481. The zero-order valence-corrected chi connectivity index (χ0v) is 20.2. The Morgan fingerprint density at radius 1 is 1.09 bits per heavy atom. The molecule has 3 aromatic rings. The molecule has 9 heteroatoms. The van der Waals surface area contributed by atoms with E-state index in [4.69, 9.17) is 10.8 Å². The zero-order chi connectivity index (χ0) is 24.2. The summed E-state index contributed by atoms with van der Waals surface area (Å²) in [5, 5.41) is 1.09. The second-order valence-corrected chi connectivity index (χ2v) is 11.3. The molecular weight excluding hydrogens is 460 g/mol. The summed E-state index contributed by atoms with van der Waals surface area (Å²) in [4.78, 5) is 13.2. The quantitative estimate of drug-likeness (QED) is 0.432. The van der Waals surface area contributed by atoms with Gasteiger partial charge in [-0.1, -0.05) is 35.9 Å². The van der Waals surface area contributed by atoms with Crippen LogP contribution in [0.3, 0.4) is 0 Å². The number of piperidine rings is 1. The van der Waals surface area contributed by atoms with E-state index in [2.05, 4.69) is 22.1 Å². The maximum absolute atomic E-state index is 13.2. The normalized spacial score (nSPS) is 23.2. The highest BCUT2D eigenvalue weighted by Crippen LogP contribution is 2.39. The number of hydrogen-bond acceptors (Lipinski definition) is 5. The van der Waals surface area contributed by atoms with Crippen molar-refractivity contribution < 1.29 is 13.0 Å². The van der Waals surface area contributed by atoms with Crippen LogP contribution in [-0.4, -0.2) is 47.4 Å². The molecule has 0 spiro atoms. The van der Waals surface area contributed by atoms with E-state index in [0.717, 1.165) is 33.6 Å². The lowest BCUT2D eigenvalue weighted by Crippen LogP contribution is -2.53. The van der Waals surface area contributed by atoms with Gasteiger partial charge < -0.3 is 4.98 Å². The summed E-state index contributed by atoms with van der Waals surface area (Å²) in [6.45, 7) is 2.82. The Kier molecular flexibility index (Phi) is 5.12. The number of H-pyrrole nitrogens is 1. The lowest BCUT2D eigenvalue weighted by Gasteiger charge is -2.31. The number of para-hydroxylation sites is 1. The standard InChI is InChI=1S/C26H27N6O2S/c1-18-6-8-21(9-7-18)35(33,34)31-13-10-19(11-14-31)25-24-17-28-12-15-32(24,27)26(30-25)23-16-20-4-2-3-5-22(20)29-23/h2-9,12,15-17,19,29H,10-11,13-14,27H2,1H3/q+1. The third kappa shape index (κ3) is 3.59. The van der Waals surface area contributed by atoms with Gasteiger partial charge >= 0.3 is 0 Å². The van der Waals surface area contributed by atoms with Crippen molar-refractivity contribution in [3.63, 3.8) is 0 Å². The predicted octanol–water partition coefficient (Wildman–Crippen LogP) is 3.80. The highest BCUT2D eigenvalue weighted by molar-refractivity contribution is 7.89. The minimum Gasteiger partial charge on any atom is -0.349 e. The molecule has 0 aliphatic carbocycles. The first-order valence-corrected chi connectivity index (χ1v) is 13.2. The maximum Gasteiger partial charge on any atom is 0.281 e. The van der Waals surface area contributed by atoms with Gasteiger partial charge in [0.1, 0.15) is 17.6 Å². The molecule has 1 fully saturated rings. The number of sulfonamides is 1. The van der Waals surface area contributed by atoms with Crippen LogP contribution in [0.25, 0.3) is 10.9 Å². The Labute approximate surface area is 204 Å². The fraction of sp³-hybridized carbons (Fsp3) is 0.231. The molecule has 3 N–H and O–H groups in total. The van der Waals surface area contributed by atoms with Crippen molar-refractivity contribution in [2.75, 3.05) is 13.1 Å². The fourth-order valence-corrected chi connectivity index (χ4v) is 6.58. The number of nitrogens with two attached hydrogens (primary N) is 1. The van der Waals surface area contributed by atoms with Crippen LogP contribution in [0, 0.1) is 12.8 Å². The van der Waals surface area contributed by atoms with Gasteiger partial charge in [-0.15, -0.1) is 4.59 Å². The van der Waals surface area contributed by atoms with Crippen LogP contribution < -0.4 is 5.84 Å². The number of hydrogen-bond donors (Lipinski definition) is 2. The summed E-state index contributed by atoms with van der Waals surface area (Å²) >= 11 is 0. The molecule has 6 rings (SSSR count). The molecule has 3 aliphatic rings. The third-order valence-electron chi connectivity index (χ3n) is 7.09. The first kappa shape index (κ1) is 22.1. The highest BCUT2D eigenvalue weighted by atomic mass is 32.2. The number of fused-ring (bicyclic) bond motifs is 2. The summed E-state index contributed by atoms with van der Waals surface area (Å²) in [5.74, 6) is 7.69. The van der Waals surface area contributed by atoms with Gasteiger partial charge in [-0.25, -0.2) is 8.42 Å². The number of benzene rings is 2. The number of aryl methyl sites for hydroxylation is 1. The largest absolute Gasteiger partial charge is 0.349 e. The smallest absolute Gasteiger partial charge is 0.281 e. The van der Waals surface area contributed by atoms with E-state index in [1.54, 1.807) is 28.9 Å². The lowest BCUT2D eigenvalue weighted by molar-refractivity contribution is -0.750. The Balaban J connectivity index is 1.29. The summed E-state index contributed by atoms with van der Waals surface area (Å²) in [6.07, 6.45) is 6.66. The molecule has 4 heterocycles. The van der Waals surface area contributed by atoms with E-state index in [0.29, 0.717) is 36.7 Å². The highest BCUT2D eigenvalue weighted by Gasteiger charge is 2.47. The van der Waals surface area contributed by atoms with Crippen LogP contribution >= 0.6 is 0 Å². The van der Waals surface area contributed by atoms with Crippen LogP contribution in [0.15, 0.2) is 93.3 Å². The van der Waals surface area contributed by atoms with E-state index in [1.807, 2.05) is 43.5 Å². The van der Waals surface area contributed by atoms with Crippen molar-refractivity contribution in [1.82, 2.24) is 9.29 Å². The Morgan fingerprint density at radius 2 is 1.83 bits per heavy atom. The zero-order valence-electron chi connectivity index (χ0n) is 19.4. The molecule has 178 valence electrons. The molecule has 0 radical (unpaired) electrons. The van der Waals surface area contributed by atoms with Crippen molar-refractivity contribution in [1.29, 1.82) is 0 Å². The molecule has 2 aromatic carbocycles. The molecule has 1 atom stereocenters. The average molecular weight is 488 g/mol. The number of aromatic amines is 1. The van der Waals surface area contributed by atoms with Gasteiger partial charge in [0, 0.05) is 29.9 Å². The van der Waals surface area contributed by atoms with Crippen LogP contribution in [0.5, 0.6) is 0 Å². The number of quaternary nitrogens is 1. The van der Waals surface area contributed by atoms with Gasteiger partial charge in [-0.05, 0) is 44.0 Å². The van der Waals surface area contributed by atoms with Gasteiger partial charge in [0.2, 0.25) is 15.7 Å². The first-order chi connectivity index (χ1) is 16.9. The minimum atomic E-state index is -3.52. The monoisotopic (exact) mass is 487 g/mol. The van der Waals surface area contributed by atoms with Gasteiger partial charge in [0.15, 0.2) is 0 Å². The number of rotatable bonds is 4. The fourth-order valence-electron chi connectivity index (χ4n) is 5.11. The lowest BCUT2D eigenvalue weighted by atomic mass is 9.93. The van der Waals surface area contributed by atoms with Crippen LogP contribution in [0.2, 0.25) is 0 Å². The number of amidine groups is 1. The van der Waals surface area contributed by atoms with Crippen LogP contribution in [0.4, 0.5) is 0 Å². The van der Waals surface area contributed by atoms with E-state index in [9.17, 15) is 8.42 Å². The topological polar surface area (TPSA) is 104 Å². The number of aromatic nitrogens is 1. The number of nitrogens with zero attached hydrogens (tertiary/aromatic N) is 4. The van der Waals surface area contributed by atoms with E-state index >= 15 is 0 Å². The molecule has 0 saturated carbocycles. The third-order valence-corrected chi connectivity index (χ3v) is 9.01. The molecule has 8 nitrogen and oxygen atoms in total. The average Bonchev–Trinajstić information content (AvgIpc) is 3.42. The summed E-state index contributed by atoms with van der Waals surface area (Å²) < 4.78 is 27.8. The van der Waals surface area contributed by atoms with E-state index < -0.39 is 10.0 Å². The van der Waals surface area contributed by atoms with Crippen molar-refractivity contribution in [3.8, 4) is 0 Å². The molecule has 1 aromatic heterocycles.